The smallest absolute Gasteiger partial charge is 0.293 e. The van der Waals surface area contributed by atoms with Crippen molar-refractivity contribution in [3.8, 4) is 17.4 Å². The summed E-state index contributed by atoms with van der Waals surface area (Å²) in [6.45, 7) is 0.188. The molecule has 1 saturated heterocycles. The molecule has 2 heterocycles. The van der Waals surface area contributed by atoms with Gasteiger partial charge in [-0.15, -0.1) is 0 Å². The van der Waals surface area contributed by atoms with Crippen LogP contribution in [0.15, 0.2) is 70.0 Å². The molecule has 1 fully saturated rings. The number of nitrogens with zero attached hydrogens (tertiary/aromatic N) is 2. The lowest BCUT2D eigenvalue weighted by Gasteiger charge is -2.12. The Morgan fingerprint density at radius 3 is 2.45 bits per heavy atom. The zero-order chi connectivity index (χ0) is 20.4. The van der Waals surface area contributed by atoms with Crippen LogP contribution in [0.3, 0.4) is 0 Å². The first-order valence-electron chi connectivity index (χ1n) is 8.64. The molecule has 0 aliphatic carbocycles. The molecule has 0 N–H and O–H groups in total. The number of carbonyl (C=O) groups excluding carboxylic acids is 2. The number of rotatable bonds is 4. The molecule has 0 bridgehead atoms. The summed E-state index contributed by atoms with van der Waals surface area (Å²) in [6, 6.07) is 19.6. The van der Waals surface area contributed by atoms with Gasteiger partial charge in [0.2, 0.25) is 0 Å². The summed E-state index contributed by atoms with van der Waals surface area (Å²) in [4.78, 5) is 26.5. The third-order valence-corrected chi connectivity index (χ3v) is 5.49. The third kappa shape index (κ3) is 4.11. The third-order valence-electron chi connectivity index (χ3n) is 4.33. The van der Waals surface area contributed by atoms with Crippen molar-refractivity contribution in [2.75, 3.05) is 0 Å². The van der Waals surface area contributed by atoms with Gasteiger partial charge in [0.05, 0.1) is 23.1 Å². The van der Waals surface area contributed by atoms with Gasteiger partial charge in [0, 0.05) is 16.7 Å². The second-order valence-electron chi connectivity index (χ2n) is 6.29. The van der Waals surface area contributed by atoms with E-state index in [1.54, 1.807) is 66.7 Å². The number of hydrogen-bond donors (Lipinski definition) is 0. The molecule has 1 aliphatic heterocycles. The van der Waals surface area contributed by atoms with Crippen molar-refractivity contribution in [1.29, 1.82) is 5.26 Å². The second-order valence-corrected chi connectivity index (χ2v) is 7.72. The largest absolute Gasteiger partial charge is 0.457 e. The van der Waals surface area contributed by atoms with Crippen molar-refractivity contribution >= 4 is 40.6 Å². The van der Waals surface area contributed by atoms with Crippen LogP contribution in [0.2, 0.25) is 5.02 Å². The minimum atomic E-state index is -0.355. The predicted molar refractivity (Wildman–Crippen MR) is 112 cm³/mol. The summed E-state index contributed by atoms with van der Waals surface area (Å²) in [5, 5.41) is 9.15. The van der Waals surface area contributed by atoms with E-state index in [1.165, 1.54) is 4.90 Å². The van der Waals surface area contributed by atoms with E-state index in [1.807, 2.05) is 0 Å². The van der Waals surface area contributed by atoms with Crippen molar-refractivity contribution in [2.45, 2.75) is 6.54 Å². The molecule has 4 rings (SSSR count). The van der Waals surface area contributed by atoms with Gasteiger partial charge in [0.15, 0.2) is 0 Å². The monoisotopic (exact) mass is 420 g/mol. The summed E-state index contributed by atoms with van der Waals surface area (Å²) in [5.41, 5.74) is 2.20. The minimum Gasteiger partial charge on any atom is -0.457 e. The molecular weight excluding hydrogens is 408 g/mol. The molecule has 142 valence electrons. The van der Waals surface area contributed by atoms with Gasteiger partial charge in [-0.2, -0.15) is 5.26 Å². The number of hydrogen-bond acceptors (Lipinski definition) is 5. The molecule has 2 aromatic carbocycles. The lowest BCUT2D eigenvalue weighted by molar-refractivity contribution is -0.123. The van der Waals surface area contributed by atoms with Gasteiger partial charge in [-0.1, -0.05) is 23.7 Å². The number of imide groups is 1. The number of carbonyl (C=O) groups is 2. The molecular formula is C22H13ClN2O3S. The van der Waals surface area contributed by atoms with Gasteiger partial charge in [0.1, 0.15) is 11.5 Å². The molecule has 3 aromatic rings. The number of halogens is 1. The average molecular weight is 421 g/mol. The van der Waals surface area contributed by atoms with Crippen molar-refractivity contribution in [1.82, 2.24) is 4.90 Å². The van der Waals surface area contributed by atoms with Gasteiger partial charge < -0.3 is 4.42 Å². The lowest BCUT2D eigenvalue weighted by Crippen LogP contribution is -2.27. The average Bonchev–Trinajstić information content (AvgIpc) is 3.30. The summed E-state index contributed by atoms with van der Waals surface area (Å²) in [5.74, 6) is 0.730. The van der Waals surface area contributed by atoms with Crippen LogP contribution >= 0.6 is 23.4 Å². The fraction of sp³-hybridized carbons (Fsp3) is 0.0455. The van der Waals surface area contributed by atoms with E-state index in [0.29, 0.717) is 27.0 Å². The number of nitriles is 1. The fourth-order valence-electron chi connectivity index (χ4n) is 2.83. The second kappa shape index (κ2) is 8.00. The highest BCUT2D eigenvalue weighted by molar-refractivity contribution is 8.18. The van der Waals surface area contributed by atoms with E-state index in [-0.39, 0.29) is 17.7 Å². The predicted octanol–water partition coefficient (Wildman–Crippen LogP) is 5.71. The van der Waals surface area contributed by atoms with Crippen LogP contribution in [0.25, 0.3) is 17.4 Å². The zero-order valence-electron chi connectivity index (χ0n) is 15.0. The molecule has 0 radical (unpaired) electrons. The van der Waals surface area contributed by atoms with Crippen LogP contribution in [0.5, 0.6) is 0 Å². The maximum Gasteiger partial charge on any atom is 0.293 e. The van der Waals surface area contributed by atoms with Crippen LogP contribution in [0.1, 0.15) is 16.9 Å². The number of amides is 2. The minimum absolute atomic E-state index is 0.188. The molecule has 0 unspecified atom stereocenters. The van der Waals surface area contributed by atoms with Crippen molar-refractivity contribution < 1.29 is 14.0 Å². The van der Waals surface area contributed by atoms with Gasteiger partial charge in [-0.3, -0.25) is 14.5 Å². The van der Waals surface area contributed by atoms with E-state index in [2.05, 4.69) is 6.07 Å². The normalized spacial score (nSPS) is 15.2. The molecule has 29 heavy (non-hydrogen) atoms. The Balaban J connectivity index is 1.52. The van der Waals surface area contributed by atoms with Gasteiger partial charge >= 0.3 is 0 Å². The molecule has 2 amide bonds. The molecule has 5 nitrogen and oxygen atoms in total. The highest BCUT2D eigenvalue weighted by atomic mass is 35.5. The SMILES string of the molecule is N#Cc1ccc(-c2ccc(/C=C3\SC(=O)N(Cc4ccc(Cl)cc4)C3=O)o2)cc1. The number of thioether (sulfide) groups is 1. The number of furan rings is 1. The van der Waals surface area contributed by atoms with Gasteiger partial charge in [0.25, 0.3) is 11.1 Å². The maximum atomic E-state index is 12.7. The van der Waals surface area contributed by atoms with Crippen LogP contribution < -0.4 is 0 Å². The first kappa shape index (κ1) is 19.1. The van der Waals surface area contributed by atoms with E-state index < -0.39 is 0 Å². The van der Waals surface area contributed by atoms with Gasteiger partial charge in [-0.05, 0) is 65.9 Å². The molecule has 0 atom stereocenters. The first-order chi connectivity index (χ1) is 14.0. The maximum absolute atomic E-state index is 12.7. The van der Waals surface area contributed by atoms with Crippen LogP contribution in [-0.4, -0.2) is 16.0 Å². The zero-order valence-corrected chi connectivity index (χ0v) is 16.5. The van der Waals surface area contributed by atoms with Crippen LogP contribution in [0.4, 0.5) is 4.79 Å². The van der Waals surface area contributed by atoms with Crippen molar-refractivity contribution in [2.24, 2.45) is 0 Å². The lowest BCUT2D eigenvalue weighted by atomic mass is 10.1. The molecule has 1 aromatic heterocycles. The van der Waals surface area contributed by atoms with Crippen LogP contribution in [-0.2, 0) is 11.3 Å². The Labute approximate surface area is 176 Å². The Bertz CT molecular complexity index is 1160. The van der Waals surface area contributed by atoms with E-state index in [0.717, 1.165) is 22.9 Å². The fourth-order valence-corrected chi connectivity index (χ4v) is 3.78. The van der Waals surface area contributed by atoms with E-state index in [9.17, 15) is 9.59 Å². The molecule has 0 spiro atoms. The van der Waals surface area contributed by atoms with Gasteiger partial charge in [-0.25, -0.2) is 0 Å². The summed E-state index contributed by atoms with van der Waals surface area (Å²) in [6.07, 6.45) is 1.57. The van der Waals surface area contributed by atoms with Crippen molar-refractivity contribution in [3.05, 3.63) is 87.5 Å². The molecule has 1 aliphatic rings. The quantitative estimate of drug-likeness (QED) is 0.505. The Kier molecular flexibility index (Phi) is 5.26. The Morgan fingerprint density at radius 1 is 1.03 bits per heavy atom. The Morgan fingerprint density at radius 2 is 1.76 bits per heavy atom. The van der Waals surface area contributed by atoms with Crippen LogP contribution in [0, 0.1) is 11.3 Å². The van der Waals surface area contributed by atoms with Crippen molar-refractivity contribution in [3.63, 3.8) is 0 Å². The Hall–Kier alpha value is -3.27. The number of benzene rings is 2. The highest BCUT2D eigenvalue weighted by Crippen LogP contribution is 2.34. The summed E-state index contributed by atoms with van der Waals surface area (Å²) in [7, 11) is 0. The van der Waals surface area contributed by atoms with E-state index in [4.69, 9.17) is 21.3 Å². The first-order valence-corrected chi connectivity index (χ1v) is 9.83. The summed E-state index contributed by atoms with van der Waals surface area (Å²) >= 11 is 6.76. The standard InChI is InChI=1S/C22H13ClN2O3S/c23-17-7-3-15(4-8-17)13-25-21(26)20(29-22(25)27)11-18-9-10-19(28-18)16-5-1-14(12-24)2-6-16/h1-11H,13H2/b20-11-. The van der Waals surface area contributed by atoms with E-state index >= 15 is 0 Å². The highest BCUT2D eigenvalue weighted by Gasteiger charge is 2.35. The summed E-state index contributed by atoms with van der Waals surface area (Å²) < 4.78 is 5.79. The topological polar surface area (TPSA) is 74.3 Å². The molecule has 7 heteroatoms. The molecule has 0 saturated carbocycles.